The molecule has 3 nitrogen and oxygen atoms in total. The predicted octanol–water partition coefficient (Wildman–Crippen LogP) is 3.90. The molecule has 2 aromatic rings. The molecule has 0 saturated carbocycles. The van der Waals surface area contributed by atoms with Gasteiger partial charge in [-0.15, -0.1) is 0 Å². The molecular weight excluding hydrogens is 303 g/mol. The Morgan fingerprint density at radius 1 is 1.08 bits per heavy atom. The maximum atomic E-state index is 13.3. The van der Waals surface area contributed by atoms with Crippen LogP contribution in [-0.2, 0) is 11.2 Å². The zero-order valence-corrected chi connectivity index (χ0v) is 13.8. The molecule has 4 heteroatoms. The fourth-order valence-electron chi connectivity index (χ4n) is 3.91. The van der Waals surface area contributed by atoms with Gasteiger partial charge in [-0.1, -0.05) is 31.2 Å². The van der Waals surface area contributed by atoms with Gasteiger partial charge in [0.25, 0.3) is 0 Å². The van der Waals surface area contributed by atoms with Gasteiger partial charge in [-0.2, -0.15) is 0 Å². The maximum absolute atomic E-state index is 13.3. The number of anilines is 1. The first-order chi connectivity index (χ1) is 11.7. The standard InChI is InChI=1S/C20H21FN2O/c1-2-14-5-7-15(8-6-14)19-22-13-3-4-18(22)20(24)23(19)17-11-9-16(21)10-12-17/h5-12,18-19H,2-4,13H2,1H3. The third-order valence-corrected chi connectivity index (χ3v) is 5.17. The lowest BCUT2D eigenvalue weighted by Gasteiger charge is -2.30. The Hall–Kier alpha value is -2.20. The summed E-state index contributed by atoms with van der Waals surface area (Å²) in [6.07, 6.45) is 2.86. The topological polar surface area (TPSA) is 23.6 Å². The molecular formula is C20H21FN2O. The normalized spacial score (nSPS) is 23.8. The molecule has 2 heterocycles. The highest BCUT2D eigenvalue weighted by molar-refractivity contribution is 6.00. The Morgan fingerprint density at radius 3 is 2.46 bits per heavy atom. The first kappa shape index (κ1) is 15.3. The van der Waals surface area contributed by atoms with Crippen LogP contribution in [0.1, 0.15) is 37.1 Å². The van der Waals surface area contributed by atoms with E-state index in [1.54, 1.807) is 12.1 Å². The number of nitrogens with zero attached hydrogens (tertiary/aromatic N) is 2. The van der Waals surface area contributed by atoms with E-state index in [1.165, 1.54) is 17.7 Å². The summed E-state index contributed by atoms with van der Waals surface area (Å²) in [5, 5.41) is 0. The van der Waals surface area contributed by atoms with Gasteiger partial charge in [0.05, 0.1) is 6.04 Å². The van der Waals surface area contributed by atoms with Gasteiger partial charge >= 0.3 is 0 Å². The molecule has 0 aliphatic carbocycles. The van der Waals surface area contributed by atoms with Crippen molar-refractivity contribution in [2.75, 3.05) is 11.4 Å². The zero-order valence-electron chi connectivity index (χ0n) is 13.8. The van der Waals surface area contributed by atoms with Crippen molar-refractivity contribution in [3.05, 3.63) is 65.5 Å². The average Bonchev–Trinajstić information content (AvgIpc) is 3.18. The summed E-state index contributed by atoms with van der Waals surface area (Å²) in [5.74, 6) is -0.154. The molecule has 2 aromatic carbocycles. The Labute approximate surface area is 141 Å². The Balaban J connectivity index is 1.76. The number of fused-ring (bicyclic) bond motifs is 1. The molecule has 124 valence electrons. The van der Waals surface area contributed by atoms with Gasteiger partial charge in [0.15, 0.2) is 0 Å². The first-order valence-corrected chi connectivity index (χ1v) is 8.62. The molecule has 0 spiro atoms. The van der Waals surface area contributed by atoms with Crippen molar-refractivity contribution < 1.29 is 9.18 Å². The van der Waals surface area contributed by atoms with E-state index in [2.05, 4.69) is 36.1 Å². The Bertz CT molecular complexity index is 741. The molecule has 2 atom stereocenters. The minimum Gasteiger partial charge on any atom is -0.291 e. The maximum Gasteiger partial charge on any atom is 0.246 e. The highest BCUT2D eigenvalue weighted by Gasteiger charge is 2.49. The van der Waals surface area contributed by atoms with Crippen molar-refractivity contribution in [2.24, 2.45) is 0 Å². The van der Waals surface area contributed by atoms with E-state index in [1.807, 2.05) is 4.90 Å². The van der Waals surface area contributed by atoms with Crippen LogP contribution in [0.4, 0.5) is 10.1 Å². The van der Waals surface area contributed by atoms with Crippen molar-refractivity contribution in [1.82, 2.24) is 4.90 Å². The van der Waals surface area contributed by atoms with Gasteiger partial charge < -0.3 is 0 Å². The number of aryl methyl sites for hydroxylation is 1. The molecule has 2 fully saturated rings. The quantitative estimate of drug-likeness (QED) is 0.855. The fraction of sp³-hybridized carbons (Fsp3) is 0.350. The summed E-state index contributed by atoms with van der Waals surface area (Å²) >= 11 is 0. The minimum atomic E-state index is -0.283. The average molecular weight is 324 g/mol. The number of hydrogen-bond acceptors (Lipinski definition) is 2. The molecule has 24 heavy (non-hydrogen) atoms. The van der Waals surface area contributed by atoms with Gasteiger partial charge in [-0.05, 0) is 54.7 Å². The third-order valence-electron chi connectivity index (χ3n) is 5.17. The zero-order chi connectivity index (χ0) is 16.7. The van der Waals surface area contributed by atoms with Crippen molar-refractivity contribution in [3.8, 4) is 0 Å². The second-order valence-electron chi connectivity index (χ2n) is 6.55. The van der Waals surface area contributed by atoms with Gasteiger partial charge in [-0.3, -0.25) is 14.6 Å². The number of halogens is 1. The summed E-state index contributed by atoms with van der Waals surface area (Å²) in [5.41, 5.74) is 3.17. The highest BCUT2D eigenvalue weighted by atomic mass is 19.1. The largest absolute Gasteiger partial charge is 0.291 e. The number of amides is 1. The van der Waals surface area contributed by atoms with E-state index >= 15 is 0 Å². The van der Waals surface area contributed by atoms with E-state index < -0.39 is 0 Å². The Kier molecular flexibility index (Phi) is 3.85. The number of hydrogen-bond donors (Lipinski definition) is 0. The van der Waals surface area contributed by atoms with E-state index in [4.69, 9.17) is 0 Å². The molecule has 0 aromatic heterocycles. The second-order valence-corrected chi connectivity index (χ2v) is 6.55. The van der Waals surface area contributed by atoms with E-state index in [9.17, 15) is 9.18 Å². The van der Waals surface area contributed by atoms with E-state index in [0.717, 1.165) is 37.1 Å². The van der Waals surface area contributed by atoms with Crippen LogP contribution in [0.15, 0.2) is 48.5 Å². The third kappa shape index (κ3) is 2.42. The fourth-order valence-corrected chi connectivity index (χ4v) is 3.91. The van der Waals surface area contributed by atoms with Crippen LogP contribution >= 0.6 is 0 Å². The van der Waals surface area contributed by atoms with Crippen molar-refractivity contribution in [2.45, 2.75) is 38.4 Å². The number of rotatable bonds is 3. The predicted molar refractivity (Wildman–Crippen MR) is 92.2 cm³/mol. The SMILES string of the molecule is CCc1ccc(C2N(c3ccc(F)cc3)C(=O)C3CCCN32)cc1. The van der Waals surface area contributed by atoms with Crippen molar-refractivity contribution >= 4 is 11.6 Å². The van der Waals surface area contributed by atoms with Crippen molar-refractivity contribution in [1.29, 1.82) is 0 Å². The van der Waals surface area contributed by atoms with Crippen LogP contribution in [0.3, 0.4) is 0 Å². The van der Waals surface area contributed by atoms with Gasteiger partial charge in [0, 0.05) is 12.2 Å². The molecule has 0 radical (unpaired) electrons. The Morgan fingerprint density at radius 2 is 1.79 bits per heavy atom. The number of carbonyl (C=O) groups excluding carboxylic acids is 1. The second kappa shape index (κ2) is 6.02. The van der Waals surface area contributed by atoms with Crippen LogP contribution in [0.2, 0.25) is 0 Å². The first-order valence-electron chi connectivity index (χ1n) is 8.62. The van der Waals surface area contributed by atoms with Gasteiger partial charge in [-0.25, -0.2) is 4.39 Å². The molecule has 0 N–H and O–H groups in total. The lowest BCUT2D eigenvalue weighted by atomic mass is 10.1. The van der Waals surface area contributed by atoms with Crippen LogP contribution in [-0.4, -0.2) is 23.4 Å². The smallest absolute Gasteiger partial charge is 0.246 e. The highest BCUT2D eigenvalue weighted by Crippen LogP contribution is 2.42. The van der Waals surface area contributed by atoms with E-state index in [-0.39, 0.29) is 23.9 Å². The molecule has 2 saturated heterocycles. The van der Waals surface area contributed by atoms with Crippen LogP contribution in [0.25, 0.3) is 0 Å². The number of benzene rings is 2. The summed E-state index contributed by atoms with van der Waals surface area (Å²) in [6.45, 7) is 3.06. The molecule has 2 aliphatic rings. The van der Waals surface area contributed by atoms with Crippen LogP contribution < -0.4 is 4.90 Å². The van der Waals surface area contributed by atoms with Crippen molar-refractivity contribution in [3.63, 3.8) is 0 Å². The molecule has 2 aliphatic heterocycles. The number of carbonyl (C=O) groups is 1. The molecule has 0 bridgehead atoms. The monoisotopic (exact) mass is 324 g/mol. The lowest BCUT2D eigenvalue weighted by molar-refractivity contribution is -0.119. The summed E-state index contributed by atoms with van der Waals surface area (Å²) in [6, 6.07) is 14.7. The summed E-state index contributed by atoms with van der Waals surface area (Å²) in [4.78, 5) is 17.1. The minimum absolute atomic E-state index is 0.0501. The molecule has 4 rings (SSSR count). The van der Waals surface area contributed by atoms with Crippen LogP contribution in [0, 0.1) is 5.82 Å². The lowest BCUT2D eigenvalue weighted by Crippen LogP contribution is -2.32. The van der Waals surface area contributed by atoms with Gasteiger partial charge in [0.1, 0.15) is 12.0 Å². The summed E-state index contributed by atoms with van der Waals surface area (Å²) in [7, 11) is 0. The van der Waals surface area contributed by atoms with Crippen LogP contribution in [0.5, 0.6) is 0 Å². The van der Waals surface area contributed by atoms with Gasteiger partial charge in [0.2, 0.25) is 5.91 Å². The summed E-state index contributed by atoms with van der Waals surface area (Å²) < 4.78 is 13.3. The van der Waals surface area contributed by atoms with E-state index in [0.29, 0.717) is 0 Å². The molecule has 2 unspecified atom stereocenters. The molecule has 1 amide bonds.